The van der Waals surface area contributed by atoms with Gasteiger partial charge in [-0.3, -0.25) is 9.59 Å². The first kappa shape index (κ1) is 44.9. The van der Waals surface area contributed by atoms with Crippen LogP contribution in [0.1, 0.15) is 77.4 Å². The van der Waals surface area contributed by atoms with Gasteiger partial charge in [0.2, 0.25) is 11.8 Å². The van der Waals surface area contributed by atoms with Gasteiger partial charge in [-0.15, -0.1) is 0 Å². The third-order valence-corrected chi connectivity index (χ3v) is 12.2. The van der Waals surface area contributed by atoms with E-state index in [4.69, 9.17) is 4.74 Å². The van der Waals surface area contributed by atoms with Gasteiger partial charge in [0.05, 0.1) is 74.4 Å². The molecule has 2 aromatic carbocycles. The number of carbonyl (C=O) groups is 4. The van der Waals surface area contributed by atoms with Gasteiger partial charge in [-0.05, 0) is 43.0 Å². The number of rotatable bonds is 10. The molecule has 5 aromatic rings. The zero-order valence-corrected chi connectivity index (χ0v) is 36.5. The molecule has 21 heteroatoms. The van der Waals surface area contributed by atoms with Crippen molar-refractivity contribution in [1.82, 2.24) is 44.9 Å². The highest BCUT2D eigenvalue weighted by molar-refractivity contribution is 5.93. The monoisotopic (exact) mass is 909 g/mol. The van der Waals surface area contributed by atoms with Crippen LogP contribution in [0.15, 0.2) is 48.8 Å². The maximum absolute atomic E-state index is 16.7. The highest BCUT2D eigenvalue weighted by atomic mass is 19.3. The van der Waals surface area contributed by atoms with Crippen molar-refractivity contribution < 1.29 is 55.3 Å². The van der Waals surface area contributed by atoms with E-state index in [1.165, 1.54) is 12.4 Å². The maximum atomic E-state index is 16.7. The standard InChI is InChI=1S/C44H48F5N9O7/c1-20(2)34(54-41(61)63-6)39(59)56-18-43(46,47)14-30(56)37-50-16-27(52-37)23-9-11-29-26(12-23)33(45)36-25-10-8-24(13-32(25)65-22(5)58(29)36)28-17-51-38(53-28)31-15-44(48,49)19-57(31)40(60)35(21(3)4)55-42(62)64-7/h8-13,16-17,20-22,30-31,34-35H,14-15,18-19H2,1-7H3,(H,50,52)(H,51,53)(H,54,61)(H,55,62)/t22?,30-,31-,34-,35-/m0/s1. The molecule has 0 aliphatic carbocycles. The number of hydrogen-bond donors (Lipinski definition) is 4. The molecule has 8 rings (SSSR count). The van der Waals surface area contributed by atoms with Crippen LogP contribution in [0, 0.1) is 17.7 Å². The Morgan fingerprint density at radius 3 is 1.72 bits per heavy atom. The van der Waals surface area contributed by atoms with Crippen LogP contribution in [-0.2, 0) is 19.1 Å². The van der Waals surface area contributed by atoms with Crippen molar-refractivity contribution in [1.29, 1.82) is 0 Å². The van der Waals surface area contributed by atoms with Crippen molar-refractivity contribution >= 4 is 34.9 Å². The molecule has 3 aliphatic heterocycles. The summed E-state index contributed by atoms with van der Waals surface area (Å²) < 4.78 is 93.8. The number of methoxy groups -OCH3 is 2. The molecular formula is C44H48F5N9O7. The van der Waals surface area contributed by atoms with E-state index in [0.29, 0.717) is 39.3 Å². The predicted octanol–water partition coefficient (Wildman–Crippen LogP) is 7.72. The molecule has 0 bridgehead atoms. The highest BCUT2D eigenvalue weighted by Gasteiger charge is 2.52. The van der Waals surface area contributed by atoms with E-state index in [0.717, 1.165) is 24.0 Å². The van der Waals surface area contributed by atoms with Crippen molar-refractivity contribution in [2.24, 2.45) is 11.8 Å². The largest absolute Gasteiger partial charge is 0.470 e. The number of alkyl halides is 4. The number of imidazole rings is 2. The molecule has 0 saturated carbocycles. The number of fused-ring (bicyclic) bond motifs is 5. The van der Waals surface area contributed by atoms with E-state index in [2.05, 4.69) is 40.0 Å². The Morgan fingerprint density at radius 2 is 1.25 bits per heavy atom. The van der Waals surface area contributed by atoms with Crippen molar-refractivity contribution in [3.63, 3.8) is 0 Å². The lowest BCUT2D eigenvalue weighted by molar-refractivity contribution is -0.137. The first-order chi connectivity index (χ1) is 30.7. The Balaban J connectivity index is 1.06. The molecule has 1 unspecified atom stereocenters. The smallest absolute Gasteiger partial charge is 0.407 e. The molecule has 16 nitrogen and oxygen atoms in total. The lowest BCUT2D eigenvalue weighted by atomic mass is 10.0. The number of halogens is 5. The summed E-state index contributed by atoms with van der Waals surface area (Å²) in [5, 5.41) is 5.13. The van der Waals surface area contributed by atoms with Crippen LogP contribution in [0.2, 0.25) is 0 Å². The van der Waals surface area contributed by atoms with Gasteiger partial charge >= 0.3 is 12.2 Å². The van der Waals surface area contributed by atoms with Gasteiger partial charge in [0.15, 0.2) is 12.0 Å². The van der Waals surface area contributed by atoms with Crippen LogP contribution < -0.4 is 15.4 Å². The normalized spacial score (nSPS) is 20.6. The molecule has 2 saturated heterocycles. The number of likely N-dealkylation sites (tertiary alicyclic amines) is 2. The van der Waals surface area contributed by atoms with E-state index >= 15 is 4.39 Å². The highest BCUT2D eigenvalue weighted by Crippen LogP contribution is 2.47. The molecule has 346 valence electrons. The summed E-state index contributed by atoms with van der Waals surface area (Å²) in [6, 6.07) is 5.57. The fourth-order valence-electron chi connectivity index (χ4n) is 8.94. The van der Waals surface area contributed by atoms with Gasteiger partial charge < -0.3 is 49.2 Å². The summed E-state index contributed by atoms with van der Waals surface area (Å²) in [4.78, 5) is 68.2. The number of H-pyrrole nitrogens is 2. The zero-order valence-electron chi connectivity index (χ0n) is 36.5. The fraction of sp³-hybridized carbons (Fsp3) is 0.455. The second-order valence-corrected chi connectivity index (χ2v) is 17.4. The second-order valence-electron chi connectivity index (χ2n) is 17.4. The Hall–Kier alpha value is -6.67. The summed E-state index contributed by atoms with van der Waals surface area (Å²) in [6.45, 7) is 6.70. The average Bonchev–Trinajstić information content (AvgIpc) is 4.10. The first-order valence-corrected chi connectivity index (χ1v) is 21.0. The summed E-state index contributed by atoms with van der Waals surface area (Å²) >= 11 is 0. The number of nitrogens with zero attached hydrogens (tertiary/aromatic N) is 5. The fourth-order valence-corrected chi connectivity index (χ4v) is 8.94. The number of benzene rings is 2. The molecule has 4 amide bonds. The first-order valence-electron chi connectivity index (χ1n) is 21.0. The van der Waals surface area contributed by atoms with E-state index in [9.17, 15) is 36.7 Å². The lowest BCUT2D eigenvalue weighted by Gasteiger charge is -2.29. The van der Waals surface area contributed by atoms with Gasteiger partial charge in [0.25, 0.3) is 11.8 Å². The quantitative estimate of drug-likeness (QED) is 0.102. The van der Waals surface area contributed by atoms with Crippen molar-refractivity contribution in [2.75, 3.05) is 27.3 Å². The van der Waals surface area contributed by atoms with Crippen LogP contribution in [0.25, 0.3) is 44.7 Å². The lowest BCUT2D eigenvalue weighted by Crippen LogP contribution is -2.51. The topological polar surface area (TPSA) is 189 Å². The number of hydrogen-bond acceptors (Lipinski definition) is 9. The Kier molecular flexibility index (Phi) is 11.5. The van der Waals surface area contributed by atoms with Gasteiger partial charge in [-0.2, -0.15) is 0 Å². The summed E-state index contributed by atoms with van der Waals surface area (Å²) in [6.07, 6.45) is -0.945. The van der Waals surface area contributed by atoms with Gasteiger partial charge in [-0.1, -0.05) is 39.8 Å². The number of nitrogens with one attached hydrogen (secondary N) is 4. The second kappa shape index (κ2) is 16.7. The van der Waals surface area contributed by atoms with Crippen LogP contribution in [-0.4, -0.2) is 110 Å². The minimum Gasteiger partial charge on any atom is -0.470 e. The molecule has 4 N–H and O–H groups in total. The van der Waals surface area contributed by atoms with Crippen LogP contribution >= 0.6 is 0 Å². The van der Waals surface area contributed by atoms with Crippen LogP contribution in [0.4, 0.5) is 31.5 Å². The maximum Gasteiger partial charge on any atom is 0.407 e. The number of carbonyl (C=O) groups excluding carboxylic acids is 4. The Bertz CT molecular complexity index is 2680. The van der Waals surface area contributed by atoms with Crippen LogP contribution in [0.3, 0.4) is 0 Å². The molecule has 3 aliphatic rings. The number of amides is 4. The SMILES string of the molecule is COC(=O)N[C@H](C(=O)N1CC(F)(F)C[C@H]1c1ncc(-c2ccc3c(c2)OC(C)n2c-3c(F)c3cc(-c4cnc([C@@H]5CC(F)(F)CN5C(=O)[C@@H](NC(=O)OC)C(C)C)[nH]4)ccc32)[nH]1)C(C)C. The van der Waals surface area contributed by atoms with E-state index in [1.54, 1.807) is 75.6 Å². The molecule has 3 aromatic heterocycles. The predicted molar refractivity (Wildman–Crippen MR) is 224 cm³/mol. The average molecular weight is 910 g/mol. The Morgan fingerprint density at radius 1 is 0.769 bits per heavy atom. The summed E-state index contributed by atoms with van der Waals surface area (Å²) in [5.41, 5.74) is 3.05. The minimum atomic E-state index is -3.23. The molecule has 6 heterocycles. The molecule has 2 fully saturated rings. The number of ether oxygens (including phenoxy) is 3. The molecule has 5 atom stereocenters. The van der Waals surface area contributed by atoms with E-state index < -0.39 is 110 Å². The van der Waals surface area contributed by atoms with Crippen LogP contribution in [0.5, 0.6) is 5.75 Å². The molecule has 0 radical (unpaired) electrons. The summed E-state index contributed by atoms with van der Waals surface area (Å²) in [5.74, 6) is -8.74. The molecule has 0 spiro atoms. The number of aromatic amines is 2. The van der Waals surface area contributed by atoms with Gasteiger partial charge in [-0.25, -0.2) is 41.5 Å². The number of aromatic nitrogens is 5. The third-order valence-electron chi connectivity index (χ3n) is 12.2. The van der Waals surface area contributed by atoms with Crippen molar-refractivity contribution in [3.05, 3.63) is 66.3 Å². The molecule has 65 heavy (non-hydrogen) atoms. The van der Waals surface area contributed by atoms with Gasteiger partial charge in [0, 0.05) is 34.9 Å². The summed E-state index contributed by atoms with van der Waals surface area (Å²) in [7, 11) is 2.27. The Labute approximate surface area is 369 Å². The minimum absolute atomic E-state index is 0.0960. The van der Waals surface area contributed by atoms with Gasteiger partial charge in [0.1, 0.15) is 29.5 Å². The van der Waals surface area contributed by atoms with Crippen molar-refractivity contribution in [3.8, 4) is 39.5 Å². The molecular weight excluding hydrogens is 862 g/mol. The zero-order chi connectivity index (χ0) is 46.9. The van der Waals surface area contributed by atoms with E-state index in [1.807, 2.05) is 0 Å². The third kappa shape index (κ3) is 8.31. The number of alkyl carbamates (subject to hydrolysis) is 2. The van der Waals surface area contributed by atoms with Crippen molar-refractivity contribution in [2.45, 2.75) is 89.7 Å². The van der Waals surface area contributed by atoms with E-state index in [-0.39, 0.29) is 22.7 Å².